The zero-order valence-electron chi connectivity index (χ0n) is 7.47. The number of hydrogen-bond acceptors (Lipinski definition) is 1. The van der Waals surface area contributed by atoms with Crippen molar-refractivity contribution < 1.29 is 0 Å². The minimum absolute atomic E-state index is 0.594. The summed E-state index contributed by atoms with van der Waals surface area (Å²) in [5, 5.41) is 0.594. The summed E-state index contributed by atoms with van der Waals surface area (Å²) >= 11 is 4.67. The molecule has 0 aliphatic heterocycles. The molecule has 1 aromatic rings. The van der Waals surface area contributed by atoms with Gasteiger partial charge >= 0.3 is 86.1 Å². The standard InChI is InChI=1S/C6H5ClN.C2H5.CH3.Sn/c1-5-2-3-6(7)8-4-5;1-2;;/h2-4H,1H2;1H2,2H3;1H3;. The van der Waals surface area contributed by atoms with Gasteiger partial charge in [-0.2, -0.15) is 0 Å². The maximum atomic E-state index is 5.69. The molecule has 3 heteroatoms. The molecule has 0 aliphatic carbocycles. The van der Waals surface area contributed by atoms with Crippen LogP contribution in [0.15, 0.2) is 18.3 Å². The van der Waals surface area contributed by atoms with Gasteiger partial charge in [0.1, 0.15) is 0 Å². The predicted molar refractivity (Wildman–Crippen MR) is 55.1 cm³/mol. The van der Waals surface area contributed by atoms with E-state index in [-0.39, 0.29) is 0 Å². The molecule has 0 atom stereocenters. The molecule has 0 amide bonds. The molecule has 65 valence electrons. The van der Waals surface area contributed by atoms with E-state index < -0.39 is 19.8 Å². The van der Waals surface area contributed by atoms with Gasteiger partial charge in [-0.1, -0.05) is 0 Å². The third-order valence-corrected chi connectivity index (χ3v) is 8.45. The van der Waals surface area contributed by atoms with Crippen LogP contribution in [0.25, 0.3) is 0 Å². The minimum atomic E-state index is -1.02. The van der Waals surface area contributed by atoms with Crippen molar-refractivity contribution in [3.05, 3.63) is 29.0 Å². The van der Waals surface area contributed by atoms with Gasteiger partial charge in [0.05, 0.1) is 0 Å². The van der Waals surface area contributed by atoms with Crippen molar-refractivity contribution in [1.82, 2.24) is 4.98 Å². The van der Waals surface area contributed by atoms with Gasteiger partial charge in [-0.15, -0.1) is 0 Å². The Bertz CT molecular complexity index is 235. The van der Waals surface area contributed by atoms with Gasteiger partial charge in [-0.3, -0.25) is 0 Å². The fourth-order valence-corrected chi connectivity index (χ4v) is 4.40. The van der Waals surface area contributed by atoms with E-state index in [4.69, 9.17) is 11.6 Å². The monoisotopic (exact) mass is 290 g/mol. The van der Waals surface area contributed by atoms with Crippen LogP contribution in [0.3, 0.4) is 0 Å². The molecule has 1 radical (unpaired) electrons. The van der Waals surface area contributed by atoms with Crippen LogP contribution < -0.4 is 0 Å². The van der Waals surface area contributed by atoms with Crippen molar-refractivity contribution in [2.75, 3.05) is 0 Å². The topological polar surface area (TPSA) is 12.9 Å². The molecular formula is C9H13ClNSn. The van der Waals surface area contributed by atoms with Crippen molar-refractivity contribution in [1.29, 1.82) is 0 Å². The summed E-state index contributed by atoms with van der Waals surface area (Å²) < 4.78 is 2.70. The number of halogens is 1. The first-order valence-electron chi connectivity index (χ1n) is 4.14. The average Bonchev–Trinajstić information content (AvgIpc) is 2.09. The molecule has 1 heterocycles. The second-order valence-electron chi connectivity index (χ2n) is 2.98. The van der Waals surface area contributed by atoms with E-state index in [1.165, 1.54) is 14.4 Å². The van der Waals surface area contributed by atoms with Crippen molar-refractivity contribution in [2.24, 2.45) is 0 Å². The molecule has 0 N–H and O–H groups in total. The molecule has 12 heavy (non-hydrogen) atoms. The molecule has 0 saturated carbocycles. The summed E-state index contributed by atoms with van der Waals surface area (Å²) in [7, 11) is 0. The van der Waals surface area contributed by atoms with Crippen LogP contribution in [-0.4, -0.2) is 24.7 Å². The van der Waals surface area contributed by atoms with Gasteiger partial charge in [0, 0.05) is 0 Å². The molecule has 1 aromatic heterocycles. The van der Waals surface area contributed by atoms with Crippen LogP contribution in [0.5, 0.6) is 0 Å². The van der Waals surface area contributed by atoms with Crippen LogP contribution in [0.4, 0.5) is 0 Å². The Balaban J connectivity index is 2.58. The molecule has 0 spiro atoms. The first-order chi connectivity index (χ1) is 5.72. The number of rotatable bonds is 3. The molecular weight excluding hydrogens is 276 g/mol. The molecule has 0 fully saturated rings. The predicted octanol–water partition coefficient (Wildman–Crippen LogP) is 2.96. The van der Waals surface area contributed by atoms with Gasteiger partial charge in [-0.05, 0) is 0 Å². The van der Waals surface area contributed by atoms with E-state index in [0.29, 0.717) is 5.15 Å². The number of pyridine rings is 1. The SMILES string of the molecule is C[CH2][Sn]([CH3])[CH2]c1ccc(Cl)nc1. The molecule has 1 nitrogen and oxygen atoms in total. The molecule has 0 aromatic carbocycles. The van der Waals surface area contributed by atoms with E-state index in [1.54, 1.807) is 0 Å². The van der Waals surface area contributed by atoms with E-state index in [1.807, 2.05) is 12.3 Å². The van der Waals surface area contributed by atoms with Gasteiger partial charge in [0.2, 0.25) is 0 Å². The van der Waals surface area contributed by atoms with Crippen LogP contribution in [0, 0.1) is 0 Å². The van der Waals surface area contributed by atoms with Crippen molar-refractivity contribution >= 4 is 31.4 Å². The molecule has 0 saturated heterocycles. The Hall–Kier alpha value is 0.239. The molecule has 0 aliphatic rings. The first kappa shape index (κ1) is 10.3. The van der Waals surface area contributed by atoms with E-state index in [0.717, 1.165) is 0 Å². The third kappa shape index (κ3) is 3.31. The van der Waals surface area contributed by atoms with Crippen LogP contribution in [0.1, 0.15) is 12.5 Å². The zero-order chi connectivity index (χ0) is 8.97. The summed E-state index contributed by atoms with van der Waals surface area (Å²) in [5.74, 6) is 0. The summed E-state index contributed by atoms with van der Waals surface area (Å²) in [5.41, 5.74) is 1.36. The van der Waals surface area contributed by atoms with Crippen LogP contribution >= 0.6 is 11.6 Å². The second kappa shape index (κ2) is 5.07. The molecule has 1 rings (SSSR count). The van der Waals surface area contributed by atoms with Crippen LogP contribution in [0.2, 0.25) is 14.5 Å². The van der Waals surface area contributed by atoms with Gasteiger partial charge in [0.25, 0.3) is 0 Å². The number of hydrogen-bond donors (Lipinski definition) is 0. The molecule has 0 unspecified atom stereocenters. The number of aromatic nitrogens is 1. The fraction of sp³-hybridized carbons (Fsp3) is 0.444. The second-order valence-corrected chi connectivity index (χ2v) is 11.9. The third-order valence-electron chi connectivity index (χ3n) is 1.90. The van der Waals surface area contributed by atoms with Gasteiger partial charge < -0.3 is 0 Å². The first-order valence-corrected chi connectivity index (χ1v) is 11.4. The molecule has 0 bridgehead atoms. The summed E-state index contributed by atoms with van der Waals surface area (Å²) in [6.07, 6.45) is 1.90. The maximum absolute atomic E-state index is 5.69. The van der Waals surface area contributed by atoms with E-state index in [2.05, 4.69) is 22.9 Å². The normalized spacial score (nSPS) is 10.7. The van der Waals surface area contributed by atoms with Crippen LogP contribution in [-0.2, 0) is 4.44 Å². The van der Waals surface area contributed by atoms with E-state index >= 15 is 0 Å². The van der Waals surface area contributed by atoms with Crippen molar-refractivity contribution in [3.8, 4) is 0 Å². The Morgan fingerprint density at radius 2 is 2.25 bits per heavy atom. The van der Waals surface area contributed by atoms with E-state index in [9.17, 15) is 0 Å². The Morgan fingerprint density at radius 3 is 2.75 bits per heavy atom. The summed E-state index contributed by atoms with van der Waals surface area (Å²) in [4.78, 5) is 6.50. The summed E-state index contributed by atoms with van der Waals surface area (Å²) in [6, 6.07) is 3.97. The van der Waals surface area contributed by atoms with Gasteiger partial charge in [-0.25, -0.2) is 0 Å². The fourth-order valence-electron chi connectivity index (χ4n) is 0.984. The Labute approximate surface area is 85.9 Å². The quantitative estimate of drug-likeness (QED) is 0.616. The Kier molecular flexibility index (Phi) is 4.36. The zero-order valence-corrected chi connectivity index (χ0v) is 11.1. The number of nitrogens with zero attached hydrogens (tertiary/aromatic N) is 1. The van der Waals surface area contributed by atoms with Crippen molar-refractivity contribution in [3.63, 3.8) is 0 Å². The average molecular weight is 289 g/mol. The summed E-state index contributed by atoms with van der Waals surface area (Å²) in [6.45, 7) is 2.29. The van der Waals surface area contributed by atoms with Crippen molar-refractivity contribution in [2.45, 2.75) is 20.7 Å². The van der Waals surface area contributed by atoms with Gasteiger partial charge in [0.15, 0.2) is 0 Å². The Morgan fingerprint density at radius 1 is 1.50 bits per heavy atom.